The Hall–Kier alpha value is -3.22. The number of carbonyl (C=O) groups is 1. The van der Waals surface area contributed by atoms with E-state index in [0.29, 0.717) is 28.7 Å². The van der Waals surface area contributed by atoms with Gasteiger partial charge in [-0.15, -0.1) is 0 Å². The maximum Gasteiger partial charge on any atom is 0.415 e. The van der Waals surface area contributed by atoms with Crippen molar-refractivity contribution in [2.24, 2.45) is 0 Å². The minimum absolute atomic E-state index is 0.250. The molecule has 3 aromatic rings. The number of rotatable bonds is 4. The fraction of sp³-hybridized carbons (Fsp3) is 0.286. The topological polar surface area (TPSA) is 66.9 Å². The van der Waals surface area contributed by atoms with E-state index in [4.69, 9.17) is 37.5 Å². The van der Waals surface area contributed by atoms with Gasteiger partial charge < -0.3 is 4.74 Å². The Morgan fingerprint density at radius 3 is 2.11 bits per heavy atom. The van der Waals surface area contributed by atoms with Gasteiger partial charge in [0.05, 0.1) is 16.6 Å². The number of hydrogen-bond donors (Lipinski definition) is 0. The van der Waals surface area contributed by atoms with E-state index >= 15 is 0 Å². The van der Waals surface area contributed by atoms with Crippen LogP contribution in [-0.4, -0.2) is 42.4 Å². The summed E-state index contributed by atoms with van der Waals surface area (Å²) < 4.78 is 19.2. The van der Waals surface area contributed by atoms with Crippen molar-refractivity contribution < 1.29 is 23.5 Å². The molecule has 0 aliphatic carbocycles. The van der Waals surface area contributed by atoms with Crippen LogP contribution in [0.1, 0.15) is 24.0 Å². The second kappa shape index (κ2) is 11.4. The number of likely N-dealkylation sites (tertiary alicyclic amines) is 1. The zero-order valence-corrected chi connectivity index (χ0v) is 21.7. The molecule has 1 spiro atoms. The van der Waals surface area contributed by atoms with Crippen molar-refractivity contribution in [3.8, 4) is 11.1 Å². The smallest absolute Gasteiger partial charge is 0.415 e. The molecule has 0 radical (unpaired) electrons. The van der Waals surface area contributed by atoms with E-state index in [2.05, 4.69) is 4.90 Å². The summed E-state index contributed by atoms with van der Waals surface area (Å²) in [4.78, 5) is 32.9. The molecule has 0 unspecified atom stereocenters. The molecule has 2 aliphatic heterocycles. The molecule has 2 aliphatic rings. The van der Waals surface area contributed by atoms with E-state index in [9.17, 15) is 9.18 Å². The number of carbonyl (C=O) groups excluding carboxylic acids is 3. The van der Waals surface area contributed by atoms with E-state index < -0.39 is 5.60 Å². The zero-order valence-electron chi connectivity index (χ0n) is 20.2. The molecule has 2 saturated heterocycles. The molecule has 1 amide bonds. The van der Waals surface area contributed by atoms with Crippen LogP contribution in [0.4, 0.5) is 14.9 Å². The highest BCUT2D eigenvalue weighted by atomic mass is 35.5. The fourth-order valence-electron chi connectivity index (χ4n) is 4.79. The lowest BCUT2D eigenvalue weighted by molar-refractivity contribution is -0.191. The maximum atomic E-state index is 13.3. The van der Waals surface area contributed by atoms with E-state index in [1.165, 1.54) is 12.1 Å². The zero-order chi connectivity index (χ0) is 26.6. The molecule has 2 fully saturated rings. The first-order chi connectivity index (χ1) is 17.7. The molecular formula is C28H25Cl2FN2O4. The monoisotopic (exact) mass is 542 g/mol. The van der Waals surface area contributed by atoms with Crippen molar-refractivity contribution in [3.63, 3.8) is 0 Å². The quantitative estimate of drug-likeness (QED) is 0.375. The average molecular weight is 543 g/mol. The van der Waals surface area contributed by atoms with Crippen molar-refractivity contribution in [1.29, 1.82) is 0 Å². The predicted molar refractivity (Wildman–Crippen MR) is 139 cm³/mol. The molecule has 0 N–H and O–H groups in total. The first kappa shape index (κ1) is 26.8. The SMILES string of the molecule is Cc1ccc(N2CC3(CCN(Cc4cc(Cl)c(-c5ccc(F)cc5)c(Cl)c4)CC3)OC2=O)cc1.O=C=O. The number of anilines is 1. The number of aryl methyl sites for hydroxylation is 1. The lowest BCUT2D eigenvalue weighted by Crippen LogP contribution is -2.46. The van der Waals surface area contributed by atoms with Crippen molar-refractivity contribution in [1.82, 2.24) is 4.90 Å². The van der Waals surface area contributed by atoms with Crippen LogP contribution in [0.2, 0.25) is 10.0 Å². The van der Waals surface area contributed by atoms with Gasteiger partial charge in [0.2, 0.25) is 0 Å². The first-order valence-corrected chi connectivity index (χ1v) is 12.5. The average Bonchev–Trinajstić information content (AvgIpc) is 3.18. The molecule has 2 heterocycles. The van der Waals surface area contributed by atoms with Gasteiger partial charge in [-0.25, -0.2) is 9.18 Å². The molecule has 6 nitrogen and oxygen atoms in total. The van der Waals surface area contributed by atoms with Crippen LogP contribution >= 0.6 is 23.2 Å². The Balaban J connectivity index is 0.00000102. The summed E-state index contributed by atoms with van der Waals surface area (Å²) in [6.45, 7) is 4.93. The third-order valence-electron chi connectivity index (χ3n) is 6.72. The molecular weight excluding hydrogens is 518 g/mol. The van der Waals surface area contributed by atoms with E-state index in [0.717, 1.165) is 48.3 Å². The molecule has 37 heavy (non-hydrogen) atoms. The summed E-state index contributed by atoms with van der Waals surface area (Å²) in [6.07, 6.45) is 1.53. The summed E-state index contributed by atoms with van der Waals surface area (Å²) in [5.74, 6) is -0.301. The van der Waals surface area contributed by atoms with Gasteiger partial charge in [-0.05, 0) is 54.4 Å². The number of benzene rings is 3. The van der Waals surface area contributed by atoms with Crippen molar-refractivity contribution >= 4 is 41.1 Å². The van der Waals surface area contributed by atoms with Crippen molar-refractivity contribution in [2.45, 2.75) is 31.9 Å². The minimum atomic E-state index is -0.444. The van der Waals surface area contributed by atoms with Gasteiger partial charge in [-0.3, -0.25) is 9.80 Å². The highest BCUT2D eigenvalue weighted by molar-refractivity contribution is 6.39. The Bertz CT molecular complexity index is 1280. The third kappa shape index (κ3) is 6.20. The first-order valence-electron chi connectivity index (χ1n) is 11.8. The Labute approximate surface area is 224 Å². The molecule has 5 rings (SSSR count). The summed E-state index contributed by atoms with van der Waals surface area (Å²) in [6, 6.07) is 17.9. The van der Waals surface area contributed by atoms with Crippen molar-refractivity contribution in [3.05, 3.63) is 87.7 Å². The summed E-state index contributed by atoms with van der Waals surface area (Å²) in [7, 11) is 0. The summed E-state index contributed by atoms with van der Waals surface area (Å²) in [5.41, 5.74) is 4.09. The lowest BCUT2D eigenvalue weighted by Gasteiger charge is -2.37. The largest absolute Gasteiger partial charge is 0.441 e. The van der Waals surface area contributed by atoms with Gasteiger partial charge in [0, 0.05) is 43.7 Å². The van der Waals surface area contributed by atoms with Gasteiger partial charge in [0.1, 0.15) is 11.4 Å². The summed E-state index contributed by atoms with van der Waals surface area (Å²) in [5, 5.41) is 1.09. The molecule has 0 saturated carbocycles. The number of amides is 1. The van der Waals surface area contributed by atoms with Crippen LogP contribution in [0.3, 0.4) is 0 Å². The molecule has 192 valence electrons. The van der Waals surface area contributed by atoms with Crippen LogP contribution in [0.15, 0.2) is 60.7 Å². The van der Waals surface area contributed by atoms with E-state index in [-0.39, 0.29) is 18.1 Å². The van der Waals surface area contributed by atoms with Crippen LogP contribution in [0.5, 0.6) is 0 Å². The molecule has 0 aromatic heterocycles. The highest BCUT2D eigenvalue weighted by Gasteiger charge is 2.47. The molecule has 3 aromatic carbocycles. The third-order valence-corrected chi connectivity index (χ3v) is 7.32. The number of halogens is 3. The predicted octanol–water partition coefficient (Wildman–Crippen LogP) is 6.52. The van der Waals surface area contributed by atoms with Crippen LogP contribution in [0.25, 0.3) is 11.1 Å². The van der Waals surface area contributed by atoms with Gasteiger partial charge in [-0.2, -0.15) is 9.59 Å². The molecule has 9 heteroatoms. The standard InChI is InChI=1S/C27H25Cl2FN2O2.CO2/c1-18-2-8-22(9-3-18)32-17-27(34-26(32)33)10-12-31(13-11-27)16-19-14-23(28)25(24(29)15-19)20-4-6-21(30)7-5-20;2-1-3/h2-9,14-15H,10-13,16-17H2,1H3;. The summed E-state index contributed by atoms with van der Waals surface area (Å²) >= 11 is 13.1. The Morgan fingerprint density at radius 1 is 0.973 bits per heavy atom. The minimum Gasteiger partial charge on any atom is -0.441 e. The highest BCUT2D eigenvalue weighted by Crippen LogP contribution is 2.38. The second-order valence-electron chi connectivity index (χ2n) is 9.27. The van der Waals surface area contributed by atoms with E-state index in [1.54, 1.807) is 17.0 Å². The van der Waals surface area contributed by atoms with Gasteiger partial charge >= 0.3 is 12.2 Å². The lowest BCUT2D eigenvalue weighted by atomic mass is 9.91. The van der Waals surface area contributed by atoms with Crippen LogP contribution in [0, 0.1) is 12.7 Å². The number of piperidine rings is 1. The fourth-order valence-corrected chi connectivity index (χ4v) is 5.54. The maximum absolute atomic E-state index is 13.3. The van der Waals surface area contributed by atoms with Gasteiger partial charge in [0.25, 0.3) is 0 Å². The van der Waals surface area contributed by atoms with E-state index in [1.807, 2.05) is 43.3 Å². The molecule has 0 bridgehead atoms. The van der Waals surface area contributed by atoms with Gasteiger partial charge in [0.15, 0.2) is 0 Å². The number of nitrogens with zero attached hydrogens (tertiary/aromatic N) is 2. The van der Waals surface area contributed by atoms with Crippen molar-refractivity contribution in [2.75, 3.05) is 24.5 Å². The van der Waals surface area contributed by atoms with Gasteiger partial charge in [-0.1, -0.05) is 53.0 Å². The number of ether oxygens (including phenoxy) is 1. The normalized spacial score (nSPS) is 16.6. The Morgan fingerprint density at radius 2 is 1.54 bits per heavy atom. The number of hydrogen-bond acceptors (Lipinski definition) is 5. The van der Waals surface area contributed by atoms with Crippen LogP contribution in [-0.2, 0) is 20.9 Å². The second-order valence-corrected chi connectivity index (χ2v) is 10.1. The molecule has 0 atom stereocenters. The van der Waals surface area contributed by atoms with Crippen LogP contribution < -0.4 is 4.90 Å². The Kier molecular flexibility index (Phi) is 8.30.